The average Bonchev–Trinajstić information content (AvgIpc) is 2.76. The van der Waals surface area contributed by atoms with Gasteiger partial charge in [-0.25, -0.2) is 17.6 Å². The zero-order valence-corrected chi connectivity index (χ0v) is 19.9. The van der Waals surface area contributed by atoms with Gasteiger partial charge < -0.3 is 4.74 Å². The Morgan fingerprint density at radius 1 is 0.973 bits per heavy atom. The zero-order chi connectivity index (χ0) is 27.9. The van der Waals surface area contributed by atoms with Crippen molar-refractivity contribution >= 4 is 16.1 Å². The first-order valence-electron chi connectivity index (χ1n) is 10.9. The number of rotatable bonds is 8. The fourth-order valence-corrected chi connectivity index (χ4v) is 4.66. The Morgan fingerprint density at radius 2 is 1.54 bits per heavy atom. The van der Waals surface area contributed by atoms with Crippen molar-refractivity contribution in [1.82, 2.24) is 0 Å². The van der Waals surface area contributed by atoms with E-state index in [2.05, 4.69) is 4.74 Å². The van der Waals surface area contributed by atoms with Gasteiger partial charge in [-0.3, -0.25) is 4.74 Å². The molecule has 1 saturated heterocycles. The van der Waals surface area contributed by atoms with E-state index in [9.17, 15) is 45.8 Å². The number of alkyl halides is 2. The summed E-state index contributed by atoms with van der Waals surface area (Å²) in [6.45, 7) is 1.50. The van der Waals surface area contributed by atoms with E-state index in [1.807, 2.05) is 0 Å². The van der Waals surface area contributed by atoms with Gasteiger partial charge in [0.25, 0.3) is 0 Å². The molecule has 0 bridgehead atoms. The average molecular weight is 570 g/mol. The zero-order valence-electron chi connectivity index (χ0n) is 19.0. The monoisotopic (exact) mass is 570 g/mol. The maximum absolute atomic E-state index is 14.4. The fourth-order valence-electron chi connectivity index (χ4n) is 3.80. The second-order valence-corrected chi connectivity index (χ2v) is 10.8. The predicted octanol–water partition coefficient (Wildman–Crippen LogP) is 10.0. The highest BCUT2D eigenvalue weighted by atomic mass is 32.5. The van der Waals surface area contributed by atoms with Gasteiger partial charge in [-0.1, -0.05) is 50.6 Å². The number of benzene rings is 2. The molecule has 0 radical (unpaired) electrons. The van der Waals surface area contributed by atoms with E-state index in [0.29, 0.717) is 12.0 Å². The topological polar surface area (TPSA) is 18.5 Å². The minimum atomic E-state index is -10.8. The quantitative estimate of drug-likeness (QED) is 0.294. The van der Waals surface area contributed by atoms with Crippen LogP contribution in [0.5, 0.6) is 0 Å². The van der Waals surface area contributed by atoms with Crippen molar-refractivity contribution in [3.63, 3.8) is 0 Å². The predicted molar refractivity (Wildman–Crippen MR) is 115 cm³/mol. The molecule has 3 rings (SSSR count). The van der Waals surface area contributed by atoms with Crippen LogP contribution in [0.4, 0.5) is 45.8 Å². The molecule has 37 heavy (non-hydrogen) atoms. The number of hydrogen-bond donors (Lipinski definition) is 0. The maximum atomic E-state index is 14.4. The molecular formula is C23H21F11O2S. The summed E-state index contributed by atoms with van der Waals surface area (Å²) in [4.78, 5) is -3.52. The van der Waals surface area contributed by atoms with Crippen LogP contribution in [0.1, 0.15) is 55.2 Å². The first-order valence-corrected chi connectivity index (χ1v) is 12.8. The molecule has 208 valence electrons. The first kappa shape index (κ1) is 29.2. The highest BCUT2D eigenvalue weighted by Crippen LogP contribution is 3.02. The van der Waals surface area contributed by atoms with Crippen molar-refractivity contribution in [3.05, 3.63) is 70.5 Å². The van der Waals surface area contributed by atoms with Crippen LogP contribution in [-0.4, -0.2) is 12.9 Å². The molecule has 0 amide bonds. The molecule has 2 aromatic carbocycles. The van der Waals surface area contributed by atoms with Gasteiger partial charge in [-0.2, -0.15) is 8.78 Å². The Hall–Kier alpha value is -2.32. The lowest BCUT2D eigenvalue weighted by atomic mass is 9.92. The minimum absolute atomic E-state index is 0.0166. The van der Waals surface area contributed by atoms with Crippen LogP contribution in [0.25, 0.3) is 5.83 Å². The second kappa shape index (κ2) is 9.45. The van der Waals surface area contributed by atoms with Gasteiger partial charge in [0, 0.05) is 17.9 Å². The van der Waals surface area contributed by atoms with E-state index < -0.39 is 68.5 Å². The molecule has 0 spiro atoms. The van der Waals surface area contributed by atoms with Crippen LogP contribution in [0, 0.1) is 11.6 Å². The Morgan fingerprint density at radius 3 is 2.00 bits per heavy atom. The number of ether oxygens (including phenoxy) is 2. The van der Waals surface area contributed by atoms with Gasteiger partial charge in [0.05, 0.1) is 12.2 Å². The molecule has 1 aliphatic heterocycles. The molecule has 2 unspecified atom stereocenters. The van der Waals surface area contributed by atoms with E-state index in [0.717, 1.165) is 0 Å². The molecule has 2 nitrogen and oxygen atoms in total. The van der Waals surface area contributed by atoms with Crippen LogP contribution < -0.4 is 0 Å². The summed E-state index contributed by atoms with van der Waals surface area (Å²) in [5.41, 5.74) is -1.11. The lowest BCUT2D eigenvalue weighted by Crippen LogP contribution is -2.33. The first-order chi connectivity index (χ1) is 16.8. The lowest BCUT2D eigenvalue weighted by molar-refractivity contribution is -0.332. The van der Waals surface area contributed by atoms with Crippen LogP contribution in [0.3, 0.4) is 0 Å². The van der Waals surface area contributed by atoms with Gasteiger partial charge in [0.1, 0.15) is 17.5 Å². The molecule has 0 N–H and O–H groups in total. The standard InChI is InChI=1S/C23H21F11O2S/c1-2-3-17(24)21(27)14-6-4-13(5-7-14)15-8-9-20(35-12-15)36-23(28,29)16-10-18(25)22(19(26)11-16)37(30,31,32,33)34/h4-7,10-11,15,20H,2-3,8-9,12H2,1H3/b21-17+. The molecule has 0 aromatic heterocycles. The van der Waals surface area contributed by atoms with E-state index in [4.69, 9.17) is 4.74 Å². The third kappa shape index (κ3) is 6.96. The summed E-state index contributed by atoms with van der Waals surface area (Å²) < 4.78 is 158. The van der Waals surface area contributed by atoms with Gasteiger partial charge in [-0.05, 0) is 37.0 Å². The number of halogens is 11. The molecular weight excluding hydrogens is 549 g/mol. The summed E-state index contributed by atoms with van der Waals surface area (Å²) in [5, 5.41) is 0. The summed E-state index contributed by atoms with van der Waals surface area (Å²) in [6.07, 6.45) is -5.86. The Balaban J connectivity index is 1.68. The van der Waals surface area contributed by atoms with Crippen LogP contribution in [0.15, 0.2) is 47.1 Å². The molecule has 2 aromatic rings. The Labute approximate surface area is 204 Å². The van der Waals surface area contributed by atoms with E-state index in [-0.39, 0.29) is 37.4 Å². The van der Waals surface area contributed by atoms with Gasteiger partial charge >= 0.3 is 16.3 Å². The van der Waals surface area contributed by atoms with Gasteiger partial charge in [0.2, 0.25) is 0 Å². The molecule has 1 aliphatic rings. The van der Waals surface area contributed by atoms with Crippen molar-refractivity contribution < 1.29 is 55.2 Å². The van der Waals surface area contributed by atoms with Crippen LogP contribution >= 0.6 is 10.2 Å². The molecule has 1 fully saturated rings. The van der Waals surface area contributed by atoms with Crippen molar-refractivity contribution in [1.29, 1.82) is 0 Å². The van der Waals surface area contributed by atoms with Crippen molar-refractivity contribution in [2.75, 3.05) is 6.61 Å². The summed E-state index contributed by atoms with van der Waals surface area (Å²) >= 11 is 0. The third-order valence-corrected chi connectivity index (χ3v) is 6.74. The normalized spacial score (nSPS) is 21.7. The highest BCUT2D eigenvalue weighted by Gasteiger charge is 2.69. The van der Waals surface area contributed by atoms with E-state index in [1.54, 1.807) is 6.92 Å². The Bertz CT molecular complexity index is 1150. The Kier molecular flexibility index (Phi) is 7.47. The van der Waals surface area contributed by atoms with Crippen molar-refractivity contribution in [3.8, 4) is 0 Å². The van der Waals surface area contributed by atoms with Gasteiger partial charge in [-0.15, -0.1) is 0 Å². The summed E-state index contributed by atoms with van der Waals surface area (Å²) in [6, 6.07) is 4.56. The third-order valence-electron chi connectivity index (χ3n) is 5.58. The van der Waals surface area contributed by atoms with Crippen LogP contribution in [-0.2, 0) is 15.6 Å². The summed E-state index contributed by atoms with van der Waals surface area (Å²) in [7, 11) is -10.8. The smallest absolute Gasteiger partial charge is 0.352 e. The largest absolute Gasteiger partial charge is 0.385 e. The van der Waals surface area contributed by atoms with E-state index in [1.165, 1.54) is 24.3 Å². The minimum Gasteiger partial charge on any atom is -0.352 e. The van der Waals surface area contributed by atoms with Crippen molar-refractivity contribution in [2.45, 2.75) is 55.8 Å². The molecule has 2 atom stereocenters. The highest BCUT2D eigenvalue weighted by molar-refractivity contribution is 8.45. The van der Waals surface area contributed by atoms with Gasteiger partial charge in [0.15, 0.2) is 17.0 Å². The molecule has 14 heteroatoms. The fraction of sp³-hybridized carbons (Fsp3) is 0.391. The SMILES string of the molecule is CCC/C(F)=C(\F)c1ccc(C2CCC(OC(F)(F)c3cc(F)c(S(F)(F)(F)(F)F)c(F)c3)OC2)cc1. The summed E-state index contributed by atoms with van der Waals surface area (Å²) in [5.74, 6) is -8.06. The number of allylic oxidation sites excluding steroid dienone is 1. The number of hydrogen-bond acceptors (Lipinski definition) is 2. The molecule has 0 saturated carbocycles. The maximum Gasteiger partial charge on any atom is 0.385 e. The van der Waals surface area contributed by atoms with Crippen LogP contribution in [0.2, 0.25) is 0 Å². The molecule has 0 aliphatic carbocycles. The molecule has 1 heterocycles. The second-order valence-electron chi connectivity index (χ2n) is 8.50. The van der Waals surface area contributed by atoms with Crippen molar-refractivity contribution in [2.24, 2.45) is 0 Å². The lowest BCUT2D eigenvalue weighted by Gasteiger charge is -2.40. The van der Waals surface area contributed by atoms with E-state index >= 15 is 0 Å².